The normalized spacial score (nSPS) is 31.2. The van der Waals surface area contributed by atoms with Gasteiger partial charge in [0.15, 0.2) is 0 Å². The predicted octanol–water partition coefficient (Wildman–Crippen LogP) is 1.91. The van der Waals surface area contributed by atoms with Crippen LogP contribution in [0.15, 0.2) is 0 Å². The second-order valence-electron chi connectivity index (χ2n) is 4.62. The minimum Gasteiger partial charge on any atom is -0.651 e. The van der Waals surface area contributed by atoms with Crippen molar-refractivity contribution >= 4 is 0 Å². The molecule has 1 unspecified atom stereocenters. The van der Waals surface area contributed by atoms with Crippen LogP contribution in [0.4, 0.5) is 0 Å². The first-order valence-electron chi connectivity index (χ1n) is 4.29. The molecule has 0 aromatic heterocycles. The van der Waals surface area contributed by atoms with Crippen LogP contribution in [-0.4, -0.2) is 24.2 Å². The summed E-state index contributed by atoms with van der Waals surface area (Å²) < 4.78 is 0. The van der Waals surface area contributed by atoms with E-state index in [4.69, 9.17) is 5.32 Å². The Balaban J connectivity index is 0.00000121. The summed E-state index contributed by atoms with van der Waals surface area (Å²) in [6, 6.07) is 0.539. The molecule has 2 nitrogen and oxygen atoms in total. The van der Waals surface area contributed by atoms with Gasteiger partial charge in [-0.15, -0.1) is 11.1 Å². The van der Waals surface area contributed by atoms with Gasteiger partial charge in [0.1, 0.15) is 0 Å². The Morgan fingerprint density at radius 2 is 1.75 bits per heavy atom. The first-order chi connectivity index (χ1) is 4.87. The number of rotatable bonds is 1. The van der Waals surface area contributed by atoms with Crippen LogP contribution < -0.4 is 5.32 Å². The van der Waals surface area contributed by atoms with Gasteiger partial charge in [0.25, 0.3) is 0 Å². The second-order valence-corrected chi connectivity index (χ2v) is 4.62. The fourth-order valence-electron chi connectivity index (χ4n) is 2.11. The van der Waals surface area contributed by atoms with E-state index in [-0.39, 0.29) is 43.8 Å². The van der Waals surface area contributed by atoms with E-state index in [0.29, 0.717) is 6.04 Å². The Bertz CT molecular complexity index is 155. The minimum atomic E-state index is 0. The number of hydrogen-bond donors (Lipinski definition) is 1. The summed E-state index contributed by atoms with van der Waals surface area (Å²) in [6.45, 7) is 8.80. The molecule has 0 aromatic rings. The van der Waals surface area contributed by atoms with Crippen molar-refractivity contribution in [1.82, 2.24) is 5.32 Å². The van der Waals surface area contributed by atoms with Crippen LogP contribution in [0.1, 0.15) is 34.1 Å². The molecule has 0 aliphatic carbocycles. The van der Waals surface area contributed by atoms with E-state index < -0.39 is 0 Å². The molecule has 69 valence electrons. The molecule has 1 aliphatic heterocycles. The SMILES string of the molecule is CNC1CC(C)(C)[N-]C1(C)C.[Y]. The summed E-state index contributed by atoms with van der Waals surface area (Å²) in [5.74, 6) is 0. The van der Waals surface area contributed by atoms with Crippen molar-refractivity contribution in [3.63, 3.8) is 0 Å². The van der Waals surface area contributed by atoms with Gasteiger partial charge in [-0.05, 0) is 13.1 Å². The summed E-state index contributed by atoms with van der Waals surface area (Å²) in [7, 11) is 2.02. The van der Waals surface area contributed by atoms with Gasteiger partial charge >= 0.3 is 0 Å². The third-order valence-corrected chi connectivity index (χ3v) is 2.50. The molecule has 1 heterocycles. The van der Waals surface area contributed by atoms with Gasteiger partial charge in [-0.2, -0.15) is 0 Å². The molecule has 1 atom stereocenters. The molecular formula is C9H19N2Y-. The van der Waals surface area contributed by atoms with Crippen molar-refractivity contribution in [2.24, 2.45) is 0 Å². The molecule has 0 amide bonds. The molecule has 1 radical (unpaired) electrons. The minimum absolute atomic E-state index is 0. The quantitative estimate of drug-likeness (QED) is 0.749. The maximum Gasteiger partial charge on any atom is 0 e. The van der Waals surface area contributed by atoms with Crippen LogP contribution >= 0.6 is 0 Å². The first kappa shape index (κ1) is 13.0. The van der Waals surface area contributed by atoms with Crippen molar-refractivity contribution < 1.29 is 32.7 Å². The zero-order valence-corrected chi connectivity index (χ0v) is 11.6. The van der Waals surface area contributed by atoms with Gasteiger partial charge in [-0.1, -0.05) is 34.1 Å². The van der Waals surface area contributed by atoms with Gasteiger partial charge < -0.3 is 10.6 Å². The average molecular weight is 244 g/mol. The van der Waals surface area contributed by atoms with Crippen LogP contribution in [0, 0.1) is 0 Å². The van der Waals surface area contributed by atoms with Crippen LogP contribution in [0.2, 0.25) is 0 Å². The van der Waals surface area contributed by atoms with Crippen molar-refractivity contribution in [2.45, 2.75) is 51.2 Å². The van der Waals surface area contributed by atoms with Crippen molar-refractivity contribution in [3.05, 3.63) is 5.32 Å². The number of nitrogens with zero attached hydrogens (tertiary/aromatic N) is 1. The monoisotopic (exact) mass is 244 g/mol. The van der Waals surface area contributed by atoms with Gasteiger partial charge in [0, 0.05) is 32.7 Å². The number of hydrogen-bond acceptors (Lipinski definition) is 1. The third kappa shape index (κ3) is 2.76. The standard InChI is InChI=1S/C9H19N2.Y/c1-8(2)6-7(10-5)9(3,4)11-8;/h7,10H,6H2,1-5H3;/q-1;. The molecule has 1 saturated heterocycles. The molecule has 0 aromatic carbocycles. The third-order valence-electron chi connectivity index (χ3n) is 2.50. The van der Waals surface area contributed by atoms with Crippen LogP contribution in [0.3, 0.4) is 0 Å². The largest absolute Gasteiger partial charge is 0.651 e. The van der Waals surface area contributed by atoms with E-state index in [1.807, 2.05) is 7.05 Å². The van der Waals surface area contributed by atoms with Crippen molar-refractivity contribution in [2.75, 3.05) is 7.05 Å². The van der Waals surface area contributed by atoms with Crippen molar-refractivity contribution in [1.29, 1.82) is 0 Å². The van der Waals surface area contributed by atoms with E-state index in [0.717, 1.165) is 6.42 Å². The van der Waals surface area contributed by atoms with E-state index in [9.17, 15) is 0 Å². The Kier molecular flexibility index (Phi) is 4.38. The molecule has 1 N–H and O–H groups in total. The summed E-state index contributed by atoms with van der Waals surface area (Å²) in [5.41, 5.74) is 0.273. The van der Waals surface area contributed by atoms with Crippen molar-refractivity contribution in [3.8, 4) is 0 Å². The zero-order valence-electron chi connectivity index (χ0n) is 8.81. The summed E-state index contributed by atoms with van der Waals surface area (Å²) in [6.07, 6.45) is 1.15. The predicted molar refractivity (Wildman–Crippen MR) is 49.0 cm³/mol. The van der Waals surface area contributed by atoms with Crippen LogP contribution in [-0.2, 0) is 32.7 Å². The molecule has 1 fully saturated rings. The first-order valence-corrected chi connectivity index (χ1v) is 4.29. The van der Waals surface area contributed by atoms with Crippen LogP contribution in [0.25, 0.3) is 5.32 Å². The Morgan fingerprint density at radius 1 is 1.25 bits per heavy atom. The molecule has 0 spiro atoms. The molecule has 1 rings (SSSR count). The summed E-state index contributed by atoms with van der Waals surface area (Å²) >= 11 is 0. The van der Waals surface area contributed by atoms with Crippen LogP contribution in [0.5, 0.6) is 0 Å². The maximum atomic E-state index is 4.74. The summed E-state index contributed by atoms with van der Waals surface area (Å²) in [5, 5.41) is 8.06. The maximum absolute atomic E-state index is 4.74. The van der Waals surface area contributed by atoms with Gasteiger partial charge in [0.05, 0.1) is 0 Å². The van der Waals surface area contributed by atoms with E-state index in [1.165, 1.54) is 0 Å². The molecule has 0 bridgehead atoms. The molecular weight excluding hydrogens is 225 g/mol. The fourth-order valence-corrected chi connectivity index (χ4v) is 2.11. The summed E-state index contributed by atoms with van der Waals surface area (Å²) in [4.78, 5) is 0. The average Bonchev–Trinajstić information content (AvgIpc) is 1.99. The second kappa shape index (κ2) is 4.04. The zero-order chi connectivity index (χ0) is 8.70. The smallest absolute Gasteiger partial charge is 0 e. The number of likely N-dealkylation sites (N-methyl/N-ethyl adjacent to an activating group) is 1. The number of nitrogens with one attached hydrogen (secondary N) is 1. The van der Waals surface area contributed by atoms with Gasteiger partial charge in [-0.25, -0.2) is 0 Å². The van der Waals surface area contributed by atoms with Gasteiger partial charge in [0.2, 0.25) is 0 Å². The molecule has 1 aliphatic rings. The Hall–Kier alpha value is 1.02. The van der Waals surface area contributed by atoms with E-state index in [2.05, 4.69) is 33.0 Å². The van der Waals surface area contributed by atoms with E-state index >= 15 is 0 Å². The van der Waals surface area contributed by atoms with Gasteiger partial charge in [-0.3, -0.25) is 0 Å². The molecule has 12 heavy (non-hydrogen) atoms. The molecule has 0 saturated carbocycles. The Labute approximate surface area is 101 Å². The Morgan fingerprint density at radius 3 is 1.92 bits per heavy atom. The fraction of sp³-hybridized carbons (Fsp3) is 1.00. The molecule has 3 heteroatoms. The topological polar surface area (TPSA) is 26.1 Å². The van der Waals surface area contributed by atoms with E-state index in [1.54, 1.807) is 0 Å².